The van der Waals surface area contributed by atoms with E-state index in [4.69, 9.17) is 32.7 Å². The van der Waals surface area contributed by atoms with Gasteiger partial charge in [0.1, 0.15) is 11.0 Å². The summed E-state index contributed by atoms with van der Waals surface area (Å²) in [6, 6.07) is 20.0. The van der Waals surface area contributed by atoms with Crippen molar-refractivity contribution in [1.82, 2.24) is 5.32 Å². The predicted molar refractivity (Wildman–Crippen MR) is 182 cm³/mol. The van der Waals surface area contributed by atoms with Crippen LogP contribution >= 0.6 is 23.2 Å². The number of hydrogen-bond donors (Lipinski definition) is 3. The third-order valence-corrected chi connectivity index (χ3v) is 9.02. The molecule has 2 amide bonds. The van der Waals surface area contributed by atoms with Crippen LogP contribution in [0.15, 0.2) is 66.7 Å². The molecule has 8 nitrogen and oxygen atoms in total. The van der Waals surface area contributed by atoms with E-state index in [2.05, 4.69) is 16.0 Å². The fourth-order valence-corrected chi connectivity index (χ4v) is 6.32. The molecule has 2 aliphatic carbocycles. The van der Waals surface area contributed by atoms with Gasteiger partial charge in [-0.15, -0.1) is 0 Å². The SMILES string of the molecule is COC(=O)C(c1ccc(Cl)cc1)(c1ccc(Cl)cc1)c1ccc(NC(=O)C2CC2)c(N[C@H]2CC[C@H](NC(=O)OC(C)(C)C)CC2)c1. The Morgan fingerprint density at radius 3 is 1.74 bits per heavy atom. The molecule has 0 spiro atoms. The van der Waals surface area contributed by atoms with E-state index < -0.39 is 23.1 Å². The number of alkyl carbamates (subject to hydrolysis) is 1. The molecule has 0 heterocycles. The fourth-order valence-electron chi connectivity index (χ4n) is 6.07. The summed E-state index contributed by atoms with van der Waals surface area (Å²) in [5.41, 5.74) is 1.39. The van der Waals surface area contributed by atoms with E-state index in [0.717, 1.165) is 38.5 Å². The number of halogens is 2. The van der Waals surface area contributed by atoms with Gasteiger partial charge in [-0.25, -0.2) is 4.79 Å². The molecule has 5 rings (SSSR count). The van der Waals surface area contributed by atoms with Crippen LogP contribution in [0, 0.1) is 5.92 Å². The van der Waals surface area contributed by atoms with E-state index in [0.29, 0.717) is 38.1 Å². The van der Waals surface area contributed by atoms with Crippen LogP contribution in [0.5, 0.6) is 0 Å². The van der Waals surface area contributed by atoms with E-state index in [1.54, 1.807) is 24.3 Å². The molecule has 2 aliphatic rings. The van der Waals surface area contributed by atoms with Crippen molar-refractivity contribution >= 4 is 52.5 Å². The number of esters is 1. The maximum absolute atomic E-state index is 14.1. The van der Waals surface area contributed by atoms with Crippen molar-refractivity contribution in [3.8, 4) is 0 Å². The van der Waals surface area contributed by atoms with Gasteiger partial charge in [0.15, 0.2) is 0 Å². The second kappa shape index (κ2) is 13.9. The topological polar surface area (TPSA) is 106 Å². The zero-order valence-electron chi connectivity index (χ0n) is 26.6. The third kappa shape index (κ3) is 7.78. The zero-order chi connectivity index (χ0) is 33.1. The lowest BCUT2D eigenvalue weighted by molar-refractivity contribution is -0.144. The summed E-state index contributed by atoms with van der Waals surface area (Å²) in [4.78, 5) is 39.3. The number of methoxy groups -OCH3 is 1. The highest BCUT2D eigenvalue weighted by molar-refractivity contribution is 6.30. The Bertz CT molecular complexity index is 1510. The summed E-state index contributed by atoms with van der Waals surface area (Å²) in [6.45, 7) is 5.53. The van der Waals surface area contributed by atoms with Gasteiger partial charge in [0.05, 0.1) is 18.5 Å². The minimum atomic E-state index is -1.37. The predicted octanol–water partition coefficient (Wildman–Crippen LogP) is 8.10. The molecule has 3 N–H and O–H groups in total. The lowest BCUT2D eigenvalue weighted by Crippen LogP contribution is -2.42. The Morgan fingerprint density at radius 2 is 1.24 bits per heavy atom. The van der Waals surface area contributed by atoms with E-state index in [-0.39, 0.29) is 23.9 Å². The third-order valence-electron chi connectivity index (χ3n) is 8.51. The van der Waals surface area contributed by atoms with Crippen molar-refractivity contribution in [2.24, 2.45) is 5.92 Å². The van der Waals surface area contributed by atoms with Gasteiger partial charge in [0, 0.05) is 28.0 Å². The molecule has 0 unspecified atom stereocenters. The average Bonchev–Trinajstić information content (AvgIpc) is 3.86. The molecule has 2 saturated carbocycles. The second-order valence-electron chi connectivity index (χ2n) is 13.1. The molecule has 0 atom stereocenters. The number of hydrogen-bond acceptors (Lipinski definition) is 6. The molecule has 3 aromatic rings. The number of amides is 2. The molecule has 0 aliphatic heterocycles. The van der Waals surface area contributed by atoms with Gasteiger partial charge >= 0.3 is 12.1 Å². The van der Waals surface area contributed by atoms with E-state index >= 15 is 0 Å². The van der Waals surface area contributed by atoms with Crippen molar-refractivity contribution in [3.05, 3.63) is 93.5 Å². The monoisotopic (exact) mass is 665 g/mol. The van der Waals surface area contributed by atoms with Crippen LogP contribution in [0.2, 0.25) is 10.0 Å². The smallest absolute Gasteiger partial charge is 0.407 e. The number of carbonyl (C=O) groups excluding carboxylic acids is 3. The first-order valence-electron chi connectivity index (χ1n) is 15.7. The summed E-state index contributed by atoms with van der Waals surface area (Å²) in [5.74, 6) is -0.485. The van der Waals surface area contributed by atoms with Gasteiger partial charge in [-0.05, 0) is 112 Å². The standard InChI is InChI=1S/C36H41Cl2N3O5/c1-35(2,3)46-34(44)40-29-18-16-28(17-19-29)39-31-21-25(11-20-30(31)41-32(42)22-5-6-22)36(33(43)45-4,23-7-12-26(37)13-8-23)24-9-14-27(38)15-10-24/h7-15,20-22,28-29,39H,5-6,16-19H2,1-4H3,(H,40,44)(H,41,42)/t28-,29-. The highest BCUT2D eigenvalue weighted by atomic mass is 35.5. The van der Waals surface area contributed by atoms with Crippen LogP contribution < -0.4 is 16.0 Å². The number of benzene rings is 3. The van der Waals surface area contributed by atoms with Gasteiger partial charge in [0.25, 0.3) is 0 Å². The Hall–Kier alpha value is -3.75. The van der Waals surface area contributed by atoms with Gasteiger partial charge < -0.3 is 25.4 Å². The van der Waals surface area contributed by atoms with Gasteiger partial charge in [-0.2, -0.15) is 0 Å². The van der Waals surface area contributed by atoms with Crippen molar-refractivity contribution in [2.75, 3.05) is 17.7 Å². The average molecular weight is 667 g/mol. The number of carbonyl (C=O) groups is 3. The van der Waals surface area contributed by atoms with Crippen molar-refractivity contribution < 1.29 is 23.9 Å². The molecule has 2 fully saturated rings. The Labute approximate surface area is 280 Å². The molecule has 0 bridgehead atoms. The van der Waals surface area contributed by atoms with Crippen molar-refractivity contribution in [2.45, 2.75) is 82.4 Å². The van der Waals surface area contributed by atoms with Crippen molar-refractivity contribution in [1.29, 1.82) is 0 Å². The molecule has 10 heteroatoms. The number of nitrogens with one attached hydrogen (secondary N) is 3. The number of ether oxygens (including phenoxy) is 2. The Kier molecular flexibility index (Phi) is 10.2. The van der Waals surface area contributed by atoms with Gasteiger partial charge in [-0.3, -0.25) is 9.59 Å². The lowest BCUT2D eigenvalue weighted by atomic mass is 9.69. The fraction of sp³-hybridized carbons (Fsp3) is 0.417. The molecule has 3 aromatic carbocycles. The normalized spacial score (nSPS) is 18.3. The Morgan fingerprint density at radius 1 is 0.717 bits per heavy atom. The number of anilines is 2. The number of rotatable bonds is 9. The van der Waals surface area contributed by atoms with Crippen LogP contribution in [0.25, 0.3) is 0 Å². The minimum Gasteiger partial charge on any atom is -0.468 e. The Balaban J connectivity index is 1.51. The summed E-state index contributed by atoms with van der Waals surface area (Å²) in [5, 5.41) is 10.8. The second-order valence-corrected chi connectivity index (χ2v) is 14.0. The van der Waals surface area contributed by atoms with Crippen LogP contribution in [-0.4, -0.2) is 42.8 Å². The molecule has 244 valence electrons. The van der Waals surface area contributed by atoms with Gasteiger partial charge in [-0.1, -0.05) is 53.5 Å². The zero-order valence-corrected chi connectivity index (χ0v) is 28.1. The van der Waals surface area contributed by atoms with E-state index in [1.807, 2.05) is 63.2 Å². The van der Waals surface area contributed by atoms with Crippen LogP contribution in [0.3, 0.4) is 0 Å². The molecular formula is C36H41Cl2N3O5. The van der Waals surface area contributed by atoms with Crippen LogP contribution in [0.1, 0.15) is 76.0 Å². The summed E-state index contributed by atoms with van der Waals surface area (Å²) in [6.07, 6.45) is 4.45. The van der Waals surface area contributed by atoms with Gasteiger partial charge in [0.2, 0.25) is 5.91 Å². The van der Waals surface area contributed by atoms with Crippen LogP contribution in [0.4, 0.5) is 16.2 Å². The first-order chi connectivity index (χ1) is 21.9. The summed E-state index contributed by atoms with van der Waals surface area (Å²) in [7, 11) is 1.37. The first-order valence-corrected chi connectivity index (χ1v) is 16.5. The van der Waals surface area contributed by atoms with E-state index in [1.165, 1.54) is 7.11 Å². The molecule has 46 heavy (non-hydrogen) atoms. The summed E-state index contributed by atoms with van der Waals surface area (Å²) < 4.78 is 10.9. The highest BCUT2D eigenvalue weighted by Gasteiger charge is 2.46. The van der Waals surface area contributed by atoms with Crippen molar-refractivity contribution in [3.63, 3.8) is 0 Å². The van der Waals surface area contributed by atoms with Crippen LogP contribution in [-0.2, 0) is 24.5 Å². The molecule has 0 radical (unpaired) electrons. The first kappa shape index (κ1) is 33.6. The molecule has 0 saturated heterocycles. The molecule has 0 aromatic heterocycles. The maximum Gasteiger partial charge on any atom is 0.407 e. The summed E-state index contributed by atoms with van der Waals surface area (Å²) >= 11 is 12.5. The quantitative estimate of drug-likeness (QED) is 0.158. The molecular weight excluding hydrogens is 625 g/mol. The maximum atomic E-state index is 14.1. The lowest BCUT2D eigenvalue weighted by Gasteiger charge is -2.35. The highest BCUT2D eigenvalue weighted by Crippen LogP contribution is 2.44. The largest absolute Gasteiger partial charge is 0.468 e. The minimum absolute atomic E-state index is 0.00931. The van der Waals surface area contributed by atoms with E-state index in [9.17, 15) is 14.4 Å².